The van der Waals surface area contributed by atoms with E-state index in [1.807, 2.05) is 6.92 Å². The molecule has 6 nitrogen and oxygen atoms in total. The first kappa shape index (κ1) is 14.8. The second-order valence-electron chi connectivity index (χ2n) is 4.56. The summed E-state index contributed by atoms with van der Waals surface area (Å²) in [5.41, 5.74) is 1.05. The van der Waals surface area contributed by atoms with Crippen LogP contribution in [-0.4, -0.2) is 35.8 Å². The molecule has 0 aromatic carbocycles. The molecule has 0 saturated carbocycles. The minimum absolute atomic E-state index is 0.0731. The average molecular weight is 291 g/mol. The van der Waals surface area contributed by atoms with Crippen molar-refractivity contribution in [2.75, 3.05) is 30.0 Å². The lowest BCUT2D eigenvalue weighted by Gasteiger charge is -2.24. The van der Waals surface area contributed by atoms with Crippen LogP contribution >= 0.6 is 0 Å². The van der Waals surface area contributed by atoms with E-state index in [4.69, 9.17) is 10.6 Å². The second-order valence-corrected chi connectivity index (χ2v) is 4.56. The van der Waals surface area contributed by atoms with Crippen molar-refractivity contribution in [2.45, 2.75) is 25.6 Å². The molecule has 112 valence electrons. The van der Waals surface area contributed by atoms with Crippen molar-refractivity contribution in [3.8, 4) is 0 Å². The van der Waals surface area contributed by atoms with Gasteiger partial charge in [0, 0.05) is 25.8 Å². The quantitative estimate of drug-likeness (QED) is 0.633. The van der Waals surface area contributed by atoms with E-state index in [-0.39, 0.29) is 17.9 Å². The highest BCUT2D eigenvalue weighted by Crippen LogP contribution is 2.30. The Kier molecular flexibility index (Phi) is 4.29. The molecule has 3 N–H and O–H groups in total. The maximum atomic E-state index is 12.8. The molecule has 0 aliphatic carbocycles. The molecule has 2 rings (SSSR count). The van der Waals surface area contributed by atoms with Gasteiger partial charge in [-0.15, -0.1) is 0 Å². The van der Waals surface area contributed by atoms with Gasteiger partial charge in [0.2, 0.25) is 5.95 Å². The largest absolute Gasteiger partial charge is 0.433 e. The predicted octanol–water partition coefficient (Wildman–Crippen LogP) is 1.40. The zero-order valence-electron chi connectivity index (χ0n) is 10.9. The fourth-order valence-corrected chi connectivity index (χ4v) is 2.01. The number of hydrogen-bond acceptors (Lipinski definition) is 6. The zero-order chi connectivity index (χ0) is 14.8. The third-order valence-corrected chi connectivity index (χ3v) is 2.91. The number of aromatic nitrogens is 2. The number of nitrogens with two attached hydrogens (primary N) is 1. The van der Waals surface area contributed by atoms with E-state index >= 15 is 0 Å². The standard InChI is InChI=1S/C11H16F3N5O/c1-7-6-19(3-2-4-20-7)9-5-8(11(12,13)14)16-10(17-9)18-15/h5,7H,2-4,6,15H2,1H3,(H,16,17,18). The summed E-state index contributed by atoms with van der Waals surface area (Å²) in [7, 11) is 0. The predicted molar refractivity (Wildman–Crippen MR) is 67.1 cm³/mol. The van der Waals surface area contributed by atoms with Gasteiger partial charge >= 0.3 is 6.18 Å². The molecular formula is C11H16F3N5O. The molecule has 1 saturated heterocycles. The summed E-state index contributed by atoms with van der Waals surface area (Å²) in [4.78, 5) is 9.06. The minimum atomic E-state index is -4.54. The van der Waals surface area contributed by atoms with E-state index < -0.39 is 11.9 Å². The van der Waals surface area contributed by atoms with Gasteiger partial charge < -0.3 is 9.64 Å². The summed E-state index contributed by atoms with van der Waals surface area (Å²) in [6.07, 6.45) is -3.89. The number of ether oxygens (including phenoxy) is 1. The van der Waals surface area contributed by atoms with Gasteiger partial charge in [0.25, 0.3) is 0 Å². The van der Waals surface area contributed by atoms with Gasteiger partial charge in [-0.3, -0.25) is 5.43 Å². The Morgan fingerprint density at radius 2 is 2.20 bits per heavy atom. The minimum Gasteiger partial charge on any atom is -0.377 e. The molecule has 2 heterocycles. The van der Waals surface area contributed by atoms with Crippen molar-refractivity contribution >= 4 is 11.8 Å². The lowest BCUT2D eigenvalue weighted by Crippen LogP contribution is -2.31. The smallest absolute Gasteiger partial charge is 0.377 e. The van der Waals surface area contributed by atoms with Crippen molar-refractivity contribution < 1.29 is 17.9 Å². The summed E-state index contributed by atoms with van der Waals surface area (Å²) in [6, 6.07) is 0.929. The number of hydrazine groups is 1. The highest BCUT2D eigenvalue weighted by atomic mass is 19.4. The highest BCUT2D eigenvalue weighted by Gasteiger charge is 2.34. The number of anilines is 2. The molecule has 1 aliphatic heterocycles. The van der Waals surface area contributed by atoms with Gasteiger partial charge in [-0.1, -0.05) is 0 Å². The molecule has 1 aromatic heterocycles. The Hall–Kier alpha value is -1.61. The summed E-state index contributed by atoms with van der Waals surface area (Å²) in [6.45, 7) is 3.49. The molecule has 20 heavy (non-hydrogen) atoms. The average Bonchev–Trinajstić information content (AvgIpc) is 2.62. The lowest BCUT2D eigenvalue weighted by atomic mass is 10.3. The van der Waals surface area contributed by atoms with Crippen LogP contribution in [0.4, 0.5) is 24.9 Å². The van der Waals surface area contributed by atoms with E-state index in [2.05, 4.69) is 15.4 Å². The first-order valence-corrected chi connectivity index (χ1v) is 6.19. The summed E-state index contributed by atoms with van der Waals surface area (Å²) in [5, 5.41) is 0. The molecule has 0 bridgehead atoms. The normalized spacial score (nSPS) is 20.6. The lowest BCUT2D eigenvalue weighted by molar-refractivity contribution is -0.141. The van der Waals surface area contributed by atoms with Gasteiger partial charge in [-0.05, 0) is 13.3 Å². The highest BCUT2D eigenvalue weighted by molar-refractivity contribution is 5.45. The van der Waals surface area contributed by atoms with Gasteiger partial charge in [0.1, 0.15) is 5.82 Å². The Bertz CT molecular complexity index is 468. The number of rotatable bonds is 2. The number of nitrogen functional groups attached to an aromatic ring is 1. The van der Waals surface area contributed by atoms with E-state index in [9.17, 15) is 13.2 Å². The number of nitrogens with one attached hydrogen (secondary N) is 1. The van der Waals surface area contributed by atoms with Gasteiger partial charge in [-0.2, -0.15) is 18.2 Å². The van der Waals surface area contributed by atoms with Crippen molar-refractivity contribution in [3.05, 3.63) is 11.8 Å². The third kappa shape index (κ3) is 3.48. The van der Waals surface area contributed by atoms with E-state index in [0.717, 1.165) is 12.5 Å². The molecule has 1 aliphatic rings. The number of alkyl halides is 3. The maximum Gasteiger partial charge on any atom is 0.433 e. The molecule has 1 aromatic rings. The van der Waals surface area contributed by atoms with E-state index in [0.29, 0.717) is 19.7 Å². The Labute approximate surface area is 114 Å². The van der Waals surface area contributed by atoms with Crippen molar-refractivity contribution in [3.63, 3.8) is 0 Å². The van der Waals surface area contributed by atoms with Gasteiger partial charge in [0.15, 0.2) is 5.69 Å². The third-order valence-electron chi connectivity index (χ3n) is 2.91. The van der Waals surface area contributed by atoms with Gasteiger partial charge in [0.05, 0.1) is 6.10 Å². The molecule has 0 spiro atoms. The van der Waals surface area contributed by atoms with Crippen LogP contribution in [0.2, 0.25) is 0 Å². The monoisotopic (exact) mass is 291 g/mol. The SMILES string of the molecule is CC1CN(c2cc(C(F)(F)F)nc(NN)n2)CCCO1. The zero-order valence-corrected chi connectivity index (χ0v) is 10.9. The van der Waals surface area contributed by atoms with Crippen LogP contribution in [0, 0.1) is 0 Å². The van der Waals surface area contributed by atoms with Crippen molar-refractivity contribution in [1.29, 1.82) is 0 Å². The molecule has 0 radical (unpaired) electrons. The maximum absolute atomic E-state index is 12.8. The van der Waals surface area contributed by atoms with Crippen molar-refractivity contribution in [2.24, 2.45) is 5.84 Å². The fraction of sp³-hybridized carbons (Fsp3) is 0.636. The van der Waals surface area contributed by atoms with E-state index in [1.54, 1.807) is 4.90 Å². The number of nitrogens with zero attached hydrogens (tertiary/aromatic N) is 3. The van der Waals surface area contributed by atoms with Crippen LogP contribution in [0.3, 0.4) is 0 Å². The van der Waals surface area contributed by atoms with Crippen molar-refractivity contribution in [1.82, 2.24) is 9.97 Å². The summed E-state index contributed by atoms with van der Waals surface area (Å²) >= 11 is 0. The Morgan fingerprint density at radius 1 is 1.45 bits per heavy atom. The molecule has 0 amide bonds. The first-order chi connectivity index (χ1) is 9.40. The second kappa shape index (κ2) is 5.80. The van der Waals surface area contributed by atoms with Gasteiger partial charge in [-0.25, -0.2) is 10.8 Å². The molecule has 9 heteroatoms. The number of halogens is 3. The molecule has 1 unspecified atom stereocenters. The molecule has 1 atom stereocenters. The molecule has 1 fully saturated rings. The number of hydrogen-bond donors (Lipinski definition) is 2. The first-order valence-electron chi connectivity index (χ1n) is 6.19. The Balaban J connectivity index is 2.34. The van der Waals surface area contributed by atoms with Crippen LogP contribution in [0.15, 0.2) is 6.07 Å². The van der Waals surface area contributed by atoms with E-state index in [1.165, 1.54) is 0 Å². The fourth-order valence-electron chi connectivity index (χ4n) is 2.01. The Morgan fingerprint density at radius 3 is 2.85 bits per heavy atom. The topological polar surface area (TPSA) is 76.3 Å². The van der Waals surface area contributed by atoms with Crippen LogP contribution in [0.25, 0.3) is 0 Å². The van der Waals surface area contributed by atoms with Crippen LogP contribution < -0.4 is 16.2 Å². The van der Waals surface area contributed by atoms with Crippen LogP contribution in [-0.2, 0) is 10.9 Å². The van der Waals surface area contributed by atoms with Crippen LogP contribution in [0.1, 0.15) is 19.0 Å². The molecular weight excluding hydrogens is 275 g/mol. The summed E-state index contributed by atoms with van der Waals surface area (Å²) < 4.78 is 43.9. The van der Waals surface area contributed by atoms with Crippen LogP contribution in [0.5, 0.6) is 0 Å². The summed E-state index contributed by atoms with van der Waals surface area (Å²) in [5.74, 6) is 5.07.